The molecule has 1 unspecified atom stereocenters. The van der Waals surface area contributed by atoms with E-state index < -0.39 is 0 Å². The highest BCUT2D eigenvalue weighted by Crippen LogP contribution is 2.35. The number of nitrogens with one attached hydrogen (secondary N) is 1. The molecule has 1 N–H and O–H groups in total. The zero-order valence-electron chi connectivity index (χ0n) is 12.2. The van der Waals surface area contributed by atoms with E-state index >= 15 is 0 Å². The van der Waals surface area contributed by atoms with Gasteiger partial charge in [0.15, 0.2) is 5.82 Å². The Morgan fingerprint density at radius 2 is 2.11 bits per heavy atom. The van der Waals surface area contributed by atoms with Crippen LogP contribution in [0.25, 0.3) is 0 Å². The molecule has 0 bridgehead atoms. The maximum Gasteiger partial charge on any atom is 0.176 e. The Balaban J connectivity index is 2.12. The van der Waals surface area contributed by atoms with E-state index in [2.05, 4.69) is 27.7 Å². The third kappa shape index (κ3) is 3.30. The summed E-state index contributed by atoms with van der Waals surface area (Å²) in [6, 6.07) is 0.247. The molecule has 2 rings (SSSR count). The van der Waals surface area contributed by atoms with Gasteiger partial charge in [0.05, 0.1) is 12.6 Å². The fraction of sp³-hybridized carbons (Fsp3) is 0.923. The molecule has 1 aromatic rings. The van der Waals surface area contributed by atoms with Crippen LogP contribution < -0.4 is 5.32 Å². The highest BCUT2D eigenvalue weighted by Gasteiger charge is 2.40. The summed E-state index contributed by atoms with van der Waals surface area (Å²) in [4.78, 5) is 1.51. The maximum absolute atomic E-state index is 6.16. The molecule has 1 heterocycles. The van der Waals surface area contributed by atoms with Crippen molar-refractivity contribution in [3.63, 3.8) is 0 Å². The highest BCUT2D eigenvalue weighted by molar-refractivity contribution is 4.99. The number of rotatable bonds is 6. The first kappa shape index (κ1) is 14.4. The molecule has 108 valence electrons. The molecule has 1 atom stereocenters. The molecule has 0 radical (unpaired) electrons. The van der Waals surface area contributed by atoms with Crippen molar-refractivity contribution in [2.24, 2.45) is 7.05 Å². The summed E-state index contributed by atoms with van der Waals surface area (Å²) in [5, 5.41) is 15.7. The minimum absolute atomic E-state index is 0.0685. The lowest BCUT2D eigenvalue weighted by molar-refractivity contribution is -0.0887. The summed E-state index contributed by atoms with van der Waals surface area (Å²) >= 11 is 0. The SMILES string of the molecule is CCOC1(C(Cc2nnn(C)n2)NC)CCCCC1. The number of nitrogens with zero attached hydrogens (tertiary/aromatic N) is 4. The van der Waals surface area contributed by atoms with Crippen molar-refractivity contribution in [3.8, 4) is 0 Å². The second-order valence-corrected chi connectivity index (χ2v) is 5.30. The molecule has 6 nitrogen and oxygen atoms in total. The van der Waals surface area contributed by atoms with E-state index in [-0.39, 0.29) is 11.6 Å². The standard InChI is InChI=1S/C13H25N5O/c1-4-19-13(8-6-5-7-9-13)11(14-2)10-12-15-17-18(3)16-12/h11,14H,4-10H2,1-3H3. The Kier molecular flexibility index (Phi) is 4.87. The first-order chi connectivity index (χ1) is 9.20. The molecule has 1 aliphatic carbocycles. The highest BCUT2D eigenvalue weighted by atomic mass is 16.5. The minimum atomic E-state index is -0.0685. The Labute approximate surface area is 114 Å². The monoisotopic (exact) mass is 267 g/mol. The van der Waals surface area contributed by atoms with Crippen LogP contribution in [0.15, 0.2) is 0 Å². The number of hydrogen-bond donors (Lipinski definition) is 1. The van der Waals surface area contributed by atoms with E-state index in [1.54, 1.807) is 7.05 Å². The normalized spacial score (nSPS) is 20.4. The van der Waals surface area contributed by atoms with Gasteiger partial charge in [-0.3, -0.25) is 0 Å². The van der Waals surface area contributed by atoms with Crippen LogP contribution in [0.3, 0.4) is 0 Å². The molecule has 6 heteroatoms. The predicted molar refractivity (Wildman–Crippen MR) is 72.8 cm³/mol. The van der Waals surface area contributed by atoms with Gasteiger partial charge in [0.2, 0.25) is 0 Å². The largest absolute Gasteiger partial charge is 0.374 e. The van der Waals surface area contributed by atoms with Crippen molar-refractivity contribution in [2.45, 2.75) is 57.1 Å². The molecule has 1 aromatic heterocycles. The summed E-state index contributed by atoms with van der Waals surface area (Å²) < 4.78 is 6.16. The van der Waals surface area contributed by atoms with Gasteiger partial charge in [-0.25, -0.2) is 0 Å². The Morgan fingerprint density at radius 3 is 2.63 bits per heavy atom. The number of hydrogen-bond acceptors (Lipinski definition) is 5. The maximum atomic E-state index is 6.16. The number of aryl methyl sites for hydroxylation is 1. The molecular weight excluding hydrogens is 242 g/mol. The van der Waals surface area contributed by atoms with Crippen molar-refractivity contribution in [1.29, 1.82) is 0 Å². The molecule has 1 fully saturated rings. The number of ether oxygens (including phenoxy) is 1. The molecule has 0 saturated heterocycles. The van der Waals surface area contributed by atoms with Crippen LogP contribution in [-0.4, -0.2) is 45.5 Å². The van der Waals surface area contributed by atoms with Gasteiger partial charge in [-0.1, -0.05) is 19.3 Å². The minimum Gasteiger partial charge on any atom is -0.374 e. The molecule has 19 heavy (non-hydrogen) atoms. The third-order valence-corrected chi connectivity index (χ3v) is 4.05. The van der Waals surface area contributed by atoms with Gasteiger partial charge >= 0.3 is 0 Å². The lowest BCUT2D eigenvalue weighted by Crippen LogP contribution is -2.54. The Bertz CT molecular complexity index is 381. The smallest absolute Gasteiger partial charge is 0.176 e. The molecular formula is C13H25N5O. The fourth-order valence-corrected chi connectivity index (χ4v) is 3.17. The number of likely N-dealkylation sites (N-methyl/N-ethyl adjacent to an activating group) is 1. The van der Waals surface area contributed by atoms with Crippen LogP contribution in [0.1, 0.15) is 44.9 Å². The summed E-state index contributed by atoms with van der Waals surface area (Å²) in [6.45, 7) is 2.83. The lowest BCUT2D eigenvalue weighted by Gasteiger charge is -2.43. The quantitative estimate of drug-likeness (QED) is 0.835. The topological polar surface area (TPSA) is 64.9 Å². The van der Waals surface area contributed by atoms with Crippen molar-refractivity contribution in [3.05, 3.63) is 5.82 Å². The predicted octanol–water partition coefficient (Wildman–Crippen LogP) is 1.08. The van der Waals surface area contributed by atoms with Crippen LogP contribution in [0.4, 0.5) is 0 Å². The third-order valence-electron chi connectivity index (χ3n) is 4.05. The van der Waals surface area contributed by atoms with Crippen LogP contribution in [0, 0.1) is 0 Å². The number of tetrazole rings is 1. The van der Waals surface area contributed by atoms with Crippen molar-refractivity contribution in [1.82, 2.24) is 25.5 Å². The van der Waals surface area contributed by atoms with E-state index in [0.29, 0.717) is 0 Å². The molecule has 1 aliphatic rings. The summed E-state index contributed by atoms with van der Waals surface area (Å²) in [6.07, 6.45) is 6.80. The van der Waals surface area contributed by atoms with Gasteiger partial charge in [-0.05, 0) is 32.0 Å². The first-order valence-electron chi connectivity index (χ1n) is 7.24. The second-order valence-electron chi connectivity index (χ2n) is 5.30. The first-order valence-corrected chi connectivity index (χ1v) is 7.24. The molecule has 0 spiro atoms. The van der Waals surface area contributed by atoms with Crippen molar-refractivity contribution < 1.29 is 4.74 Å². The van der Waals surface area contributed by atoms with Crippen molar-refractivity contribution in [2.75, 3.05) is 13.7 Å². The summed E-state index contributed by atoms with van der Waals surface area (Å²) in [7, 11) is 3.79. The average Bonchev–Trinajstić information content (AvgIpc) is 2.83. The van der Waals surface area contributed by atoms with Crippen molar-refractivity contribution >= 4 is 0 Å². The van der Waals surface area contributed by atoms with Gasteiger partial charge in [0.1, 0.15) is 0 Å². The van der Waals surface area contributed by atoms with E-state index in [0.717, 1.165) is 31.7 Å². The Hall–Kier alpha value is -1.01. The average molecular weight is 267 g/mol. The number of aromatic nitrogens is 4. The fourth-order valence-electron chi connectivity index (χ4n) is 3.17. The zero-order valence-corrected chi connectivity index (χ0v) is 12.2. The van der Waals surface area contributed by atoms with E-state index in [4.69, 9.17) is 4.74 Å². The second kappa shape index (κ2) is 6.43. The van der Waals surface area contributed by atoms with Crippen LogP contribution in [0.2, 0.25) is 0 Å². The van der Waals surface area contributed by atoms with E-state index in [1.165, 1.54) is 24.1 Å². The molecule has 0 aliphatic heterocycles. The van der Waals surface area contributed by atoms with Gasteiger partial charge in [0, 0.05) is 19.1 Å². The van der Waals surface area contributed by atoms with E-state index in [9.17, 15) is 0 Å². The van der Waals surface area contributed by atoms with Crippen LogP contribution in [0.5, 0.6) is 0 Å². The summed E-state index contributed by atoms with van der Waals surface area (Å²) in [5.74, 6) is 0.784. The molecule has 1 saturated carbocycles. The van der Waals surface area contributed by atoms with Crippen LogP contribution in [-0.2, 0) is 18.2 Å². The summed E-state index contributed by atoms with van der Waals surface area (Å²) in [5.41, 5.74) is -0.0685. The van der Waals surface area contributed by atoms with Gasteiger partial charge in [0.25, 0.3) is 0 Å². The molecule has 0 amide bonds. The van der Waals surface area contributed by atoms with Gasteiger partial charge < -0.3 is 10.1 Å². The van der Waals surface area contributed by atoms with Crippen LogP contribution >= 0.6 is 0 Å². The van der Waals surface area contributed by atoms with Gasteiger partial charge in [-0.2, -0.15) is 4.80 Å². The van der Waals surface area contributed by atoms with Gasteiger partial charge in [-0.15, -0.1) is 10.2 Å². The lowest BCUT2D eigenvalue weighted by atomic mass is 9.78. The molecule has 0 aromatic carbocycles. The zero-order chi connectivity index (χ0) is 13.7. The van der Waals surface area contributed by atoms with E-state index in [1.807, 2.05) is 7.05 Å². The Morgan fingerprint density at radius 1 is 1.37 bits per heavy atom.